The van der Waals surface area contributed by atoms with Gasteiger partial charge in [-0.2, -0.15) is 0 Å². The molecular weight excluding hydrogens is 453 g/mol. The summed E-state index contributed by atoms with van der Waals surface area (Å²) < 4.78 is 18.3. The minimum Gasteiger partial charge on any atom is -0.467 e. The van der Waals surface area contributed by atoms with Crippen LogP contribution in [0.2, 0.25) is 0 Å². The summed E-state index contributed by atoms with van der Waals surface area (Å²) in [5.41, 5.74) is 2.82. The molecule has 1 amide bonds. The monoisotopic (exact) mass is 481 g/mol. The normalized spacial score (nSPS) is 11.9. The molecule has 1 atom stereocenters. The Labute approximate surface area is 210 Å². The molecule has 0 saturated heterocycles. The summed E-state index contributed by atoms with van der Waals surface area (Å²) in [4.78, 5) is 26.3. The molecule has 0 saturated carbocycles. The second kappa shape index (κ2) is 11.5. The van der Waals surface area contributed by atoms with Crippen LogP contribution in [0.25, 0.3) is 0 Å². The van der Waals surface area contributed by atoms with Crippen molar-refractivity contribution in [2.24, 2.45) is 0 Å². The van der Waals surface area contributed by atoms with Gasteiger partial charge in [0, 0.05) is 12.8 Å². The average molecular weight is 482 g/mol. The van der Waals surface area contributed by atoms with E-state index in [2.05, 4.69) is 5.32 Å². The van der Waals surface area contributed by atoms with Gasteiger partial charge in [-0.15, -0.1) is 0 Å². The van der Waals surface area contributed by atoms with Gasteiger partial charge in [-0.05, 0) is 34.4 Å². The molecule has 4 nitrogen and oxygen atoms in total. The summed E-state index contributed by atoms with van der Waals surface area (Å²) in [6, 6.07) is 34.6. The molecule has 0 aromatic heterocycles. The first-order valence-electron chi connectivity index (χ1n) is 11.8. The fourth-order valence-corrected chi connectivity index (χ4v) is 4.65. The molecular formula is C31H28FNO3. The van der Waals surface area contributed by atoms with Crippen molar-refractivity contribution >= 4 is 11.9 Å². The summed E-state index contributed by atoms with van der Waals surface area (Å²) in [6.07, 6.45) is 0.260. The van der Waals surface area contributed by atoms with E-state index in [1.807, 2.05) is 91.0 Å². The molecule has 0 radical (unpaired) electrons. The van der Waals surface area contributed by atoms with E-state index < -0.39 is 17.4 Å². The van der Waals surface area contributed by atoms with Gasteiger partial charge >= 0.3 is 5.97 Å². The molecule has 36 heavy (non-hydrogen) atoms. The second-order valence-corrected chi connectivity index (χ2v) is 8.65. The van der Waals surface area contributed by atoms with Crippen LogP contribution in [-0.2, 0) is 26.2 Å². The van der Waals surface area contributed by atoms with Crippen molar-refractivity contribution in [2.45, 2.75) is 24.3 Å². The van der Waals surface area contributed by atoms with Crippen molar-refractivity contribution in [2.75, 3.05) is 7.11 Å². The number of carbonyl (C=O) groups is 2. The molecule has 182 valence electrons. The van der Waals surface area contributed by atoms with Crippen LogP contribution in [0.1, 0.15) is 28.7 Å². The highest BCUT2D eigenvalue weighted by molar-refractivity contribution is 5.86. The summed E-state index contributed by atoms with van der Waals surface area (Å²) in [5, 5.41) is 2.89. The molecule has 0 bridgehead atoms. The van der Waals surface area contributed by atoms with Gasteiger partial charge in [-0.25, -0.2) is 9.18 Å². The van der Waals surface area contributed by atoms with Crippen molar-refractivity contribution in [3.63, 3.8) is 0 Å². The number of amides is 1. The molecule has 4 aromatic rings. The summed E-state index contributed by atoms with van der Waals surface area (Å²) >= 11 is 0. The fraction of sp³-hybridized carbons (Fsp3) is 0.161. The van der Waals surface area contributed by atoms with E-state index in [4.69, 9.17) is 4.74 Å². The number of halogens is 1. The quantitative estimate of drug-likeness (QED) is 0.255. The Kier molecular flexibility index (Phi) is 7.91. The third kappa shape index (κ3) is 5.52. The van der Waals surface area contributed by atoms with E-state index in [9.17, 15) is 14.0 Å². The highest BCUT2D eigenvalue weighted by atomic mass is 19.1. The maximum Gasteiger partial charge on any atom is 0.328 e. The topological polar surface area (TPSA) is 55.4 Å². The Balaban J connectivity index is 1.73. The first-order chi connectivity index (χ1) is 17.5. The molecule has 1 N–H and O–H groups in total. The van der Waals surface area contributed by atoms with Crippen molar-refractivity contribution in [3.8, 4) is 0 Å². The number of hydrogen-bond donors (Lipinski definition) is 1. The molecule has 0 spiro atoms. The molecule has 5 heteroatoms. The maximum atomic E-state index is 13.7. The minimum atomic E-state index is -0.909. The summed E-state index contributed by atoms with van der Waals surface area (Å²) in [7, 11) is 1.29. The van der Waals surface area contributed by atoms with Crippen LogP contribution in [0.15, 0.2) is 115 Å². The lowest BCUT2D eigenvalue weighted by Crippen LogP contribution is -2.46. The molecule has 0 aliphatic rings. The highest BCUT2D eigenvalue weighted by Crippen LogP contribution is 2.42. The van der Waals surface area contributed by atoms with Gasteiger partial charge in [-0.3, -0.25) is 4.79 Å². The molecule has 0 heterocycles. The molecule has 0 unspecified atom stereocenters. The van der Waals surface area contributed by atoms with Crippen LogP contribution in [0.3, 0.4) is 0 Å². The van der Waals surface area contributed by atoms with Crippen molar-refractivity contribution < 1.29 is 18.7 Å². The first kappa shape index (κ1) is 24.9. The Morgan fingerprint density at radius 3 is 1.61 bits per heavy atom. The zero-order valence-electron chi connectivity index (χ0n) is 20.1. The fourth-order valence-electron chi connectivity index (χ4n) is 4.65. The third-order valence-corrected chi connectivity index (χ3v) is 6.40. The van der Waals surface area contributed by atoms with Crippen LogP contribution in [0.4, 0.5) is 4.39 Å². The Morgan fingerprint density at radius 2 is 1.19 bits per heavy atom. The largest absolute Gasteiger partial charge is 0.467 e. The molecule has 4 aromatic carbocycles. The van der Waals surface area contributed by atoms with Crippen LogP contribution in [0.5, 0.6) is 0 Å². The van der Waals surface area contributed by atoms with Crippen molar-refractivity contribution in [1.29, 1.82) is 0 Å². The van der Waals surface area contributed by atoms with Crippen molar-refractivity contribution in [3.05, 3.63) is 143 Å². The third-order valence-electron chi connectivity index (χ3n) is 6.40. The van der Waals surface area contributed by atoms with Gasteiger partial charge < -0.3 is 10.1 Å². The Bertz CT molecular complexity index is 1180. The van der Waals surface area contributed by atoms with Crippen LogP contribution >= 0.6 is 0 Å². The zero-order chi connectivity index (χ0) is 25.4. The number of esters is 1. The number of benzene rings is 4. The smallest absolute Gasteiger partial charge is 0.328 e. The van der Waals surface area contributed by atoms with E-state index in [1.165, 1.54) is 19.2 Å². The molecule has 0 aliphatic heterocycles. The van der Waals surface area contributed by atoms with Gasteiger partial charge in [0.05, 0.1) is 12.5 Å². The highest BCUT2D eigenvalue weighted by Gasteiger charge is 2.39. The zero-order valence-corrected chi connectivity index (χ0v) is 20.1. The second-order valence-electron chi connectivity index (χ2n) is 8.65. The van der Waals surface area contributed by atoms with E-state index in [-0.39, 0.29) is 24.6 Å². The predicted molar refractivity (Wildman–Crippen MR) is 138 cm³/mol. The number of ether oxygens (including phenoxy) is 1. The lowest BCUT2D eigenvalue weighted by Gasteiger charge is -2.36. The van der Waals surface area contributed by atoms with Gasteiger partial charge in [0.15, 0.2) is 0 Å². The lowest BCUT2D eigenvalue weighted by molar-refractivity contribution is -0.145. The number of carbonyl (C=O) groups excluding carboxylic acids is 2. The number of hydrogen-bond acceptors (Lipinski definition) is 3. The predicted octanol–water partition coefficient (Wildman–Crippen LogP) is 5.45. The standard InChI is InChI=1S/C31H28FNO3/c1-36-30(35)28(21-23-17-19-27(32)20-18-23)33-29(34)22-31(24-11-5-2-6-12-24,25-13-7-3-8-14-25)26-15-9-4-10-16-26/h2-20,28H,21-22H2,1H3,(H,33,34)/t28-/m0/s1. The van der Waals surface area contributed by atoms with E-state index >= 15 is 0 Å². The Hall–Kier alpha value is -4.25. The number of nitrogens with one attached hydrogen (secondary N) is 1. The van der Waals surface area contributed by atoms with Crippen molar-refractivity contribution in [1.82, 2.24) is 5.32 Å². The molecule has 4 rings (SSSR count). The first-order valence-corrected chi connectivity index (χ1v) is 11.8. The van der Waals surface area contributed by atoms with Gasteiger partial charge in [0.25, 0.3) is 0 Å². The van der Waals surface area contributed by atoms with Gasteiger partial charge in [0.2, 0.25) is 5.91 Å². The maximum absolute atomic E-state index is 13.7. The summed E-state index contributed by atoms with van der Waals surface area (Å²) in [5.74, 6) is -1.22. The molecule has 0 aliphatic carbocycles. The van der Waals surface area contributed by atoms with Gasteiger partial charge in [0.1, 0.15) is 11.9 Å². The molecule has 0 fully saturated rings. The van der Waals surface area contributed by atoms with Gasteiger partial charge in [-0.1, -0.05) is 103 Å². The minimum absolute atomic E-state index is 0.0714. The summed E-state index contributed by atoms with van der Waals surface area (Å²) in [6.45, 7) is 0. The van der Waals surface area contributed by atoms with E-state index in [0.29, 0.717) is 5.56 Å². The SMILES string of the molecule is COC(=O)[C@H](Cc1ccc(F)cc1)NC(=O)CC(c1ccccc1)(c1ccccc1)c1ccccc1. The lowest BCUT2D eigenvalue weighted by atomic mass is 9.67. The Morgan fingerprint density at radius 1 is 0.750 bits per heavy atom. The average Bonchev–Trinajstić information content (AvgIpc) is 2.93. The number of rotatable bonds is 9. The number of methoxy groups -OCH3 is 1. The van der Waals surface area contributed by atoms with Crippen LogP contribution in [-0.4, -0.2) is 25.0 Å². The van der Waals surface area contributed by atoms with Crippen LogP contribution < -0.4 is 5.32 Å². The van der Waals surface area contributed by atoms with Crippen LogP contribution in [0, 0.1) is 5.82 Å². The van der Waals surface area contributed by atoms with E-state index in [0.717, 1.165) is 16.7 Å². The van der Waals surface area contributed by atoms with E-state index in [1.54, 1.807) is 12.1 Å².